The molecule has 0 spiro atoms. The van der Waals surface area contributed by atoms with Crippen LogP contribution >= 0.6 is 23.2 Å². The number of ketones is 2. The van der Waals surface area contributed by atoms with Crippen molar-refractivity contribution < 1.29 is 54.4 Å². The summed E-state index contributed by atoms with van der Waals surface area (Å²) < 4.78 is 110. The van der Waals surface area contributed by atoms with Crippen LogP contribution in [0.25, 0.3) is 0 Å². The Morgan fingerprint density at radius 3 is 1.17 bits per heavy atom. The lowest BCUT2D eigenvalue weighted by Crippen LogP contribution is -2.58. The third-order valence-corrected chi connectivity index (χ3v) is 30.9. The van der Waals surface area contributed by atoms with Crippen LogP contribution in [0, 0.1) is 17.5 Å². The van der Waals surface area contributed by atoms with Crippen molar-refractivity contribution in [2.75, 3.05) is 25.4 Å². The smallest absolute Gasteiger partial charge is 0.312 e. The molecule has 5 aromatic rings. The molecule has 2 aromatic heterocycles. The van der Waals surface area contributed by atoms with Crippen LogP contribution in [0.1, 0.15) is 185 Å². The van der Waals surface area contributed by atoms with Crippen LogP contribution in [0.15, 0.2) is 119 Å². The molecular weight excluding hydrogens is 1360 g/mol. The molecule has 11 rings (SSSR count). The van der Waals surface area contributed by atoms with Gasteiger partial charge in [-0.1, -0.05) is 35.3 Å². The summed E-state index contributed by atoms with van der Waals surface area (Å²) in [5.74, 6) is -2.69. The summed E-state index contributed by atoms with van der Waals surface area (Å²) in [4.78, 5) is 73.5. The summed E-state index contributed by atoms with van der Waals surface area (Å²) in [5, 5.41) is -0.644. The van der Waals surface area contributed by atoms with E-state index in [1.807, 2.05) is 0 Å². The second-order valence-electron chi connectivity index (χ2n) is 29.5. The fourth-order valence-corrected chi connectivity index (χ4v) is 23.8. The van der Waals surface area contributed by atoms with Crippen molar-refractivity contribution in [3.8, 4) is 0 Å². The molecule has 9 atom stereocenters. The molecule has 0 aliphatic carbocycles. The van der Waals surface area contributed by atoms with Gasteiger partial charge in [0.05, 0.1) is 77.3 Å². The summed E-state index contributed by atoms with van der Waals surface area (Å²) >= 11 is 11.7. The minimum atomic E-state index is -2.94. The Balaban J connectivity index is 0.000000174. The average Bonchev–Trinajstić information content (AvgIpc) is 1.34. The minimum absolute atomic E-state index is 0.0115. The maximum Gasteiger partial charge on any atom is 0.312 e. The lowest BCUT2D eigenvalue weighted by Gasteiger charge is -2.46. The highest BCUT2D eigenvalue weighted by atomic mass is 35.5. The summed E-state index contributed by atoms with van der Waals surface area (Å²) in [6.07, 6.45) is 4.08. The molecular formula is C71H87Cl2F3N10O9S3. The quantitative estimate of drug-likeness (QED) is 0.0630. The number of halogens is 5. The molecule has 6 aliphatic rings. The van der Waals surface area contributed by atoms with Gasteiger partial charge < -0.3 is 20.9 Å². The van der Waals surface area contributed by atoms with Gasteiger partial charge in [-0.2, -0.15) is 0 Å². The minimum Gasteiger partial charge on any atom is -0.460 e. The second kappa shape index (κ2) is 26.9. The van der Waals surface area contributed by atoms with Crippen LogP contribution in [0.2, 0.25) is 10.0 Å². The molecule has 3 aromatic carbocycles. The van der Waals surface area contributed by atoms with Crippen LogP contribution in [-0.4, -0.2) is 124 Å². The highest BCUT2D eigenvalue weighted by Gasteiger charge is 2.60. The molecule has 4 N–H and O–H groups in total. The number of nitrogen functional groups attached to an aromatic ring is 1. The number of carbonyl (C=O) groups excluding carboxylic acids is 4. The zero-order valence-corrected chi connectivity index (χ0v) is 61.9. The van der Waals surface area contributed by atoms with E-state index in [-0.39, 0.29) is 71.2 Å². The van der Waals surface area contributed by atoms with Crippen molar-refractivity contribution in [3.63, 3.8) is 0 Å². The molecule has 6 aliphatic heterocycles. The number of ether oxygens (including phenoxy) is 2. The van der Waals surface area contributed by atoms with Gasteiger partial charge in [0.1, 0.15) is 67.2 Å². The molecule has 98 heavy (non-hydrogen) atoms. The Morgan fingerprint density at radius 2 is 0.827 bits per heavy atom. The first kappa shape index (κ1) is 75.3. The summed E-state index contributed by atoms with van der Waals surface area (Å²) in [6, 6.07) is 19.6. The largest absolute Gasteiger partial charge is 0.460 e. The van der Waals surface area contributed by atoms with Gasteiger partial charge in [-0.25, -0.2) is 38.9 Å². The van der Waals surface area contributed by atoms with Crippen LogP contribution in [0.4, 0.5) is 18.9 Å². The first-order chi connectivity index (χ1) is 45.3. The van der Waals surface area contributed by atoms with E-state index in [0.29, 0.717) is 77.2 Å². The maximum absolute atomic E-state index is 15.5. The maximum atomic E-state index is 15.5. The van der Waals surface area contributed by atoms with E-state index in [2.05, 4.69) is 28.0 Å². The molecule has 0 amide bonds. The van der Waals surface area contributed by atoms with Crippen molar-refractivity contribution in [2.24, 2.45) is 33.8 Å². The summed E-state index contributed by atoms with van der Waals surface area (Å²) in [7, 11) is -8.52. The number of carbonyl (C=O) groups is 4. The van der Waals surface area contributed by atoms with Crippen LogP contribution in [0.3, 0.4) is 0 Å². The number of aromatic nitrogens is 2. The highest BCUT2D eigenvalue weighted by molar-refractivity contribution is 7.97. The number of rotatable bonds is 13. The highest BCUT2D eigenvalue weighted by Crippen LogP contribution is 2.52. The van der Waals surface area contributed by atoms with Gasteiger partial charge >= 0.3 is 11.9 Å². The Hall–Kier alpha value is -6.93. The van der Waals surface area contributed by atoms with Gasteiger partial charge in [-0.15, -0.1) is 0 Å². The van der Waals surface area contributed by atoms with Crippen molar-refractivity contribution >= 4 is 98.8 Å². The fourth-order valence-electron chi connectivity index (χ4n) is 13.9. The summed E-state index contributed by atoms with van der Waals surface area (Å²) in [5.41, 5.74) is 10.9. The number of nitrogens with two attached hydrogens (primary N) is 2. The second-order valence-corrected chi connectivity index (χ2v) is 39.3. The Bertz CT molecular complexity index is 4560. The fraction of sp³-hybridized carbons (Fsp3) is 0.507. The number of Topliss-reactive ketones (excluding diaryl/α,β-unsaturated/α-hetero) is 2. The molecule has 0 saturated heterocycles. The van der Waals surface area contributed by atoms with Gasteiger partial charge in [-0.3, -0.25) is 44.1 Å². The number of anilines is 1. The zero-order chi connectivity index (χ0) is 72.5. The number of benzene rings is 3. The predicted octanol–water partition coefficient (Wildman–Crippen LogP) is 13.5. The first-order valence-corrected chi connectivity index (χ1v) is 37.8. The molecule has 0 fully saturated rings. The third-order valence-electron chi connectivity index (χ3n) is 19.3. The summed E-state index contributed by atoms with van der Waals surface area (Å²) in [6.45, 7) is 27.9. The van der Waals surface area contributed by atoms with E-state index in [4.69, 9.17) is 54.1 Å². The van der Waals surface area contributed by atoms with Crippen molar-refractivity contribution in [3.05, 3.63) is 158 Å². The molecule has 0 bridgehead atoms. The lowest BCUT2D eigenvalue weighted by molar-refractivity contribution is -0.154. The molecule has 0 saturated carbocycles. The van der Waals surface area contributed by atoms with Crippen molar-refractivity contribution in [1.29, 1.82) is 0 Å². The monoisotopic (exact) mass is 1450 g/mol. The van der Waals surface area contributed by atoms with E-state index in [0.717, 1.165) is 0 Å². The topological polar surface area (TPSA) is 290 Å². The number of esters is 2. The van der Waals surface area contributed by atoms with Crippen molar-refractivity contribution in [2.45, 2.75) is 207 Å². The van der Waals surface area contributed by atoms with E-state index in [1.54, 1.807) is 158 Å². The SMILES string of the molecule is CC(C)(C)OC(=O)CC1=N[C@](C)(c2cc(CC(=O)c3ccc(Cl)cn3)ccc2F)[C@@H]2CCN=[S@]2(=O)C1(C)C.CC(C)(C)OC(=O)CC1=N[C@](C)(c2cc(N)ccc2F)[C@@H]2CCN=[S@]2(=O)C1(C)C.CC1(C)C(N)=N[C@](C)(c2cc(CC(=O)c3ccc(Cl)cn3)ccc2F)[C@@H]2CCN=[S@@]21=O. The Labute approximate surface area is 583 Å². The number of nitrogens with zero attached hydrogens (tertiary/aromatic N) is 8. The normalized spacial score (nSPS) is 28.5. The Kier molecular flexibility index (Phi) is 20.6. The molecule has 528 valence electrons. The van der Waals surface area contributed by atoms with Gasteiger partial charge in [0.2, 0.25) is 0 Å². The van der Waals surface area contributed by atoms with Crippen LogP contribution in [-0.2, 0) is 77.7 Å². The molecule has 27 heteroatoms. The van der Waals surface area contributed by atoms with E-state index in [9.17, 15) is 36.2 Å². The molecule has 0 unspecified atom stereocenters. The predicted molar refractivity (Wildman–Crippen MR) is 381 cm³/mol. The number of hydrogen-bond donors (Lipinski definition) is 2. The van der Waals surface area contributed by atoms with Crippen molar-refractivity contribution in [1.82, 2.24) is 9.97 Å². The number of amidine groups is 1. The molecule has 19 nitrogen and oxygen atoms in total. The van der Waals surface area contributed by atoms with E-state index < -0.39 is 116 Å². The standard InChI is InChI=1S/C28H33ClFN3O4S.C22H24ClFN4O2S.C21H30FN3O3S/c1-26(2,3)37-25(35)15-23-27(4,5)38(36)24(11-12-32-38)28(6,33-23)19-13-17(7-9-20(19)30)14-22(34)21-10-8-18(29)16-31-21;1-21(2)20(25)28-22(3,19-8-9-27-31(19,21)30)15-10-13(4-6-16(15)24)11-18(29)17-7-5-14(23)12-26-17;1-19(2,3)28-18(26)12-16-20(4,5)29(27)17(9-10-24-29)21(6,25-16)14-11-13(23)7-8-15(14)22/h7-10,13,16,24H,11-12,14-15H2,1-6H3;4-7,10,12,19H,8-9,11H2,1-3H3,(H2,25,28);7-8,11,17H,9-10,12,23H2,1-6H3/t24-,28+,38+;19-,22+,31+;17-,21+,29+/m000/s1. The third kappa shape index (κ3) is 14.1. The number of pyridine rings is 2. The zero-order valence-electron chi connectivity index (χ0n) is 58.0. The van der Waals surface area contributed by atoms with Crippen LogP contribution < -0.4 is 11.5 Å². The van der Waals surface area contributed by atoms with Gasteiger partial charge in [0.15, 0.2) is 11.6 Å². The van der Waals surface area contributed by atoms with E-state index >= 15 is 8.78 Å². The first-order valence-electron chi connectivity index (χ1n) is 32.3. The average molecular weight is 1450 g/mol. The molecule has 8 heterocycles. The number of fused-ring (bicyclic) bond motifs is 3. The van der Waals surface area contributed by atoms with Gasteiger partial charge in [-0.05, 0) is 201 Å². The van der Waals surface area contributed by atoms with Crippen LogP contribution in [0.5, 0.6) is 0 Å². The Morgan fingerprint density at radius 1 is 0.490 bits per heavy atom. The number of hydrogen-bond acceptors (Lipinski definition) is 19. The lowest BCUT2D eigenvalue weighted by atomic mass is 9.84. The van der Waals surface area contributed by atoms with Gasteiger partial charge in [0, 0.05) is 78.7 Å². The van der Waals surface area contributed by atoms with Gasteiger partial charge in [0.25, 0.3) is 0 Å². The van der Waals surface area contributed by atoms with E-state index in [1.165, 1.54) is 36.7 Å². The molecule has 0 radical (unpaired) electrons. The number of aliphatic imine (C=N–C) groups is 3.